The molecule has 0 bridgehead atoms. The molecule has 0 amide bonds. The Balaban J connectivity index is 1.94. The highest BCUT2D eigenvalue weighted by Gasteiger charge is 2.29. The van der Waals surface area contributed by atoms with Crippen molar-refractivity contribution in [2.24, 2.45) is 11.7 Å². The first-order valence-corrected chi connectivity index (χ1v) is 8.84. The Morgan fingerprint density at radius 1 is 1.30 bits per heavy atom. The van der Waals surface area contributed by atoms with Gasteiger partial charge in [-0.15, -0.1) is 0 Å². The van der Waals surface area contributed by atoms with Crippen molar-refractivity contribution < 1.29 is 4.79 Å². The highest BCUT2D eigenvalue weighted by Crippen LogP contribution is 2.32. The average molecular weight is 312 g/mol. The van der Waals surface area contributed by atoms with Gasteiger partial charge in [-0.2, -0.15) is 0 Å². The summed E-state index contributed by atoms with van der Waals surface area (Å²) >= 11 is 0. The van der Waals surface area contributed by atoms with Crippen LogP contribution in [0.4, 0.5) is 0 Å². The number of nitrogens with two attached hydrogens (primary N) is 1. The van der Waals surface area contributed by atoms with Gasteiger partial charge in [-0.3, -0.25) is 4.79 Å². The van der Waals surface area contributed by atoms with Gasteiger partial charge in [0.2, 0.25) is 0 Å². The standard InChI is InChI=1S/C20H28N2O/c1-20(2)12-16-9-8-14(13-21)10-17(16)18(22-20)11-19(23)15-6-4-3-5-7-15/h8-11,15,22H,3-7,12-13,21H2,1-2H3/b18-11-. The van der Waals surface area contributed by atoms with E-state index in [1.807, 2.05) is 6.08 Å². The van der Waals surface area contributed by atoms with E-state index in [1.54, 1.807) is 0 Å². The predicted molar refractivity (Wildman–Crippen MR) is 94.8 cm³/mol. The van der Waals surface area contributed by atoms with Gasteiger partial charge in [-0.05, 0) is 50.3 Å². The van der Waals surface area contributed by atoms with E-state index >= 15 is 0 Å². The van der Waals surface area contributed by atoms with Crippen LogP contribution in [0.25, 0.3) is 5.70 Å². The molecule has 124 valence electrons. The van der Waals surface area contributed by atoms with Gasteiger partial charge in [0.15, 0.2) is 5.78 Å². The first-order chi connectivity index (χ1) is 11.0. The number of benzene rings is 1. The van der Waals surface area contributed by atoms with Crippen molar-refractivity contribution in [1.29, 1.82) is 0 Å². The monoisotopic (exact) mass is 312 g/mol. The summed E-state index contributed by atoms with van der Waals surface area (Å²) in [6.45, 7) is 4.90. The van der Waals surface area contributed by atoms with Crippen LogP contribution in [0.1, 0.15) is 62.6 Å². The zero-order valence-corrected chi connectivity index (χ0v) is 14.3. The van der Waals surface area contributed by atoms with Gasteiger partial charge in [0.25, 0.3) is 0 Å². The first kappa shape index (κ1) is 16.3. The molecule has 0 spiro atoms. The van der Waals surface area contributed by atoms with E-state index in [0.717, 1.165) is 36.1 Å². The Morgan fingerprint density at radius 2 is 2.04 bits per heavy atom. The first-order valence-electron chi connectivity index (χ1n) is 8.84. The fraction of sp³-hybridized carbons (Fsp3) is 0.550. The number of allylic oxidation sites excluding steroid dienone is 1. The zero-order chi connectivity index (χ0) is 16.4. The average Bonchev–Trinajstić information content (AvgIpc) is 2.54. The lowest BCUT2D eigenvalue weighted by atomic mass is 9.82. The van der Waals surface area contributed by atoms with E-state index in [4.69, 9.17) is 5.73 Å². The van der Waals surface area contributed by atoms with Crippen molar-refractivity contribution >= 4 is 11.5 Å². The summed E-state index contributed by atoms with van der Waals surface area (Å²) in [4.78, 5) is 12.7. The van der Waals surface area contributed by atoms with Crippen LogP contribution in [-0.2, 0) is 17.8 Å². The predicted octanol–water partition coefficient (Wildman–Crippen LogP) is 3.56. The molecular formula is C20H28N2O. The number of fused-ring (bicyclic) bond motifs is 1. The molecule has 1 fully saturated rings. The lowest BCUT2D eigenvalue weighted by Gasteiger charge is -2.36. The van der Waals surface area contributed by atoms with E-state index in [0.29, 0.717) is 6.54 Å². The van der Waals surface area contributed by atoms with Crippen LogP contribution in [0.5, 0.6) is 0 Å². The molecule has 3 heteroatoms. The SMILES string of the molecule is CC1(C)Cc2ccc(CN)cc2/C(=C/C(=O)C2CCCCC2)N1. The normalized spacial score (nSPS) is 22.5. The Kier molecular flexibility index (Phi) is 4.58. The molecule has 0 aromatic heterocycles. The minimum Gasteiger partial charge on any atom is -0.379 e. The third-order valence-electron chi connectivity index (χ3n) is 5.10. The van der Waals surface area contributed by atoms with Gasteiger partial charge < -0.3 is 11.1 Å². The van der Waals surface area contributed by atoms with Gasteiger partial charge in [0, 0.05) is 35.3 Å². The maximum absolute atomic E-state index is 12.7. The maximum Gasteiger partial charge on any atom is 0.160 e. The lowest BCUT2D eigenvalue weighted by Crippen LogP contribution is -2.44. The molecule has 1 aliphatic heterocycles. The zero-order valence-electron chi connectivity index (χ0n) is 14.3. The highest BCUT2D eigenvalue weighted by molar-refractivity contribution is 5.98. The van der Waals surface area contributed by atoms with Crippen molar-refractivity contribution in [3.8, 4) is 0 Å². The van der Waals surface area contributed by atoms with Crippen molar-refractivity contribution in [3.05, 3.63) is 41.0 Å². The summed E-state index contributed by atoms with van der Waals surface area (Å²) in [6, 6.07) is 6.40. The van der Waals surface area contributed by atoms with Crippen LogP contribution in [0.2, 0.25) is 0 Å². The van der Waals surface area contributed by atoms with Crippen molar-refractivity contribution in [3.63, 3.8) is 0 Å². The fourth-order valence-corrected chi connectivity index (χ4v) is 3.87. The molecule has 1 aliphatic carbocycles. The summed E-state index contributed by atoms with van der Waals surface area (Å²) in [7, 11) is 0. The number of carbonyl (C=O) groups excluding carboxylic acids is 1. The van der Waals surface area contributed by atoms with Gasteiger partial charge in [-0.1, -0.05) is 31.4 Å². The van der Waals surface area contributed by atoms with Gasteiger partial charge in [-0.25, -0.2) is 0 Å². The molecular weight excluding hydrogens is 284 g/mol. The molecule has 3 nitrogen and oxygen atoms in total. The maximum atomic E-state index is 12.7. The summed E-state index contributed by atoms with van der Waals surface area (Å²) < 4.78 is 0. The Hall–Kier alpha value is -1.61. The molecule has 1 aromatic carbocycles. The molecule has 2 aliphatic rings. The van der Waals surface area contributed by atoms with Crippen LogP contribution >= 0.6 is 0 Å². The second-order valence-electron chi connectivity index (χ2n) is 7.68. The van der Waals surface area contributed by atoms with Gasteiger partial charge in [0.05, 0.1) is 0 Å². The van der Waals surface area contributed by atoms with E-state index in [2.05, 4.69) is 37.4 Å². The van der Waals surface area contributed by atoms with Crippen LogP contribution in [0.15, 0.2) is 24.3 Å². The topological polar surface area (TPSA) is 55.1 Å². The molecule has 0 unspecified atom stereocenters. The van der Waals surface area contributed by atoms with E-state index in [-0.39, 0.29) is 17.2 Å². The molecule has 23 heavy (non-hydrogen) atoms. The van der Waals surface area contributed by atoms with Crippen LogP contribution in [0.3, 0.4) is 0 Å². The second kappa shape index (κ2) is 6.48. The number of carbonyl (C=O) groups is 1. The molecule has 1 saturated carbocycles. The van der Waals surface area contributed by atoms with Crippen molar-refractivity contribution in [1.82, 2.24) is 5.32 Å². The number of rotatable bonds is 3. The van der Waals surface area contributed by atoms with Crippen LogP contribution < -0.4 is 11.1 Å². The summed E-state index contributed by atoms with van der Waals surface area (Å²) in [6.07, 6.45) is 8.55. The largest absolute Gasteiger partial charge is 0.379 e. The molecule has 1 heterocycles. The van der Waals surface area contributed by atoms with Crippen molar-refractivity contribution in [2.45, 2.75) is 64.5 Å². The molecule has 0 atom stereocenters. The van der Waals surface area contributed by atoms with E-state index in [9.17, 15) is 4.79 Å². The molecule has 0 saturated heterocycles. The number of hydrogen-bond donors (Lipinski definition) is 2. The van der Waals surface area contributed by atoms with Crippen LogP contribution in [-0.4, -0.2) is 11.3 Å². The summed E-state index contributed by atoms with van der Waals surface area (Å²) in [5, 5.41) is 3.57. The third-order valence-corrected chi connectivity index (χ3v) is 5.10. The van der Waals surface area contributed by atoms with Gasteiger partial charge in [0.1, 0.15) is 0 Å². The minimum atomic E-state index is -0.0318. The lowest BCUT2D eigenvalue weighted by molar-refractivity contribution is -0.119. The minimum absolute atomic E-state index is 0.0318. The Morgan fingerprint density at radius 3 is 2.74 bits per heavy atom. The highest BCUT2D eigenvalue weighted by atomic mass is 16.1. The number of hydrogen-bond acceptors (Lipinski definition) is 3. The quantitative estimate of drug-likeness (QED) is 0.839. The second-order valence-corrected chi connectivity index (χ2v) is 7.68. The number of nitrogens with one attached hydrogen (secondary N) is 1. The van der Waals surface area contributed by atoms with Gasteiger partial charge >= 0.3 is 0 Å². The summed E-state index contributed by atoms with van der Waals surface area (Å²) in [5.41, 5.74) is 10.3. The molecule has 0 radical (unpaired) electrons. The van der Waals surface area contributed by atoms with Crippen LogP contribution in [0, 0.1) is 5.92 Å². The summed E-state index contributed by atoms with van der Waals surface area (Å²) in [5.74, 6) is 0.498. The fourth-order valence-electron chi connectivity index (χ4n) is 3.87. The molecule has 3 rings (SSSR count). The molecule has 1 aromatic rings. The Bertz CT molecular complexity index is 625. The van der Waals surface area contributed by atoms with E-state index < -0.39 is 0 Å². The van der Waals surface area contributed by atoms with E-state index in [1.165, 1.54) is 24.8 Å². The van der Waals surface area contributed by atoms with Crippen molar-refractivity contribution in [2.75, 3.05) is 0 Å². The third kappa shape index (κ3) is 3.66. The molecule has 3 N–H and O–H groups in total. The number of ketones is 1. The Labute approximate surface area is 139 Å². The smallest absolute Gasteiger partial charge is 0.160 e.